The Morgan fingerprint density at radius 2 is 1.78 bits per heavy atom. The molecule has 0 spiro atoms. The average Bonchev–Trinajstić information content (AvgIpc) is 3.11. The molecule has 0 saturated carbocycles. The third-order valence-corrected chi connectivity index (χ3v) is 4.47. The van der Waals surface area contributed by atoms with Crippen LogP contribution in [0, 0.1) is 13.8 Å². The molecule has 1 N–H and O–H groups in total. The summed E-state index contributed by atoms with van der Waals surface area (Å²) in [6.07, 6.45) is 0.199. The molecule has 140 valence electrons. The Bertz CT molecular complexity index is 857. The monoisotopic (exact) mass is 365 g/mol. The van der Waals surface area contributed by atoms with E-state index in [9.17, 15) is 9.59 Å². The molecule has 6 heteroatoms. The Hall–Kier alpha value is -3.15. The smallest absolute Gasteiger partial charge is 0.354 e. The molecule has 1 aliphatic heterocycles. The minimum atomic E-state index is -0.620. The van der Waals surface area contributed by atoms with E-state index in [4.69, 9.17) is 4.74 Å². The predicted molar refractivity (Wildman–Crippen MR) is 106 cm³/mol. The number of hydrazone groups is 1. The number of rotatable bonds is 5. The van der Waals surface area contributed by atoms with Crippen molar-refractivity contribution in [1.82, 2.24) is 0 Å². The molecule has 0 saturated heterocycles. The number of ether oxygens (including phenoxy) is 1. The molecule has 0 bridgehead atoms. The first-order valence-corrected chi connectivity index (χ1v) is 8.97. The second-order valence-corrected chi connectivity index (χ2v) is 6.42. The summed E-state index contributed by atoms with van der Waals surface area (Å²) in [4.78, 5) is 25.2. The van der Waals surface area contributed by atoms with Crippen LogP contribution in [0.4, 0.5) is 11.4 Å². The van der Waals surface area contributed by atoms with Gasteiger partial charge in [0.1, 0.15) is 11.8 Å². The minimum Gasteiger partial charge on any atom is -0.461 e. The average molecular weight is 365 g/mol. The summed E-state index contributed by atoms with van der Waals surface area (Å²) in [6, 6.07) is 14.6. The Morgan fingerprint density at radius 3 is 2.41 bits per heavy atom. The summed E-state index contributed by atoms with van der Waals surface area (Å²) in [5, 5.41) is 8.98. The molecule has 0 aromatic heterocycles. The van der Waals surface area contributed by atoms with E-state index in [1.807, 2.05) is 62.4 Å². The second-order valence-electron chi connectivity index (χ2n) is 6.42. The van der Waals surface area contributed by atoms with Crippen LogP contribution in [0.5, 0.6) is 0 Å². The van der Waals surface area contributed by atoms with Crippen LogP contribution in [0.25, 0.3) is 0 Å². The maximum atomic E-state index is 13.1. The molecular weight excluding hydrogens is 342 g/mol. The summed E-state index contributed by atoms with van der Waals surface area (Å²) in [7, 11) is 0. The molecule has 0 radical (unpaired) electrons. The van der Waals surface area contributed by atoms with Gasteiger partial charge in [-0.2, -0.15) is 5.10 Å². The Kier molecular flexibility index (Phi) is 5.54. The van der Waals surface area contributed by atoms with Crippen molar-refractivity contribution >= 4 is 29.0 Å². The van der Waals surface area contributed by atoms with Gasteiger partial charge >= 0.3 is 5.97 Å². The van der Waals surface area contributed by atoms with Gasteiger partial charge in [-0.1, -0.05) is 36.4 Å². The number of anilines is 2. The minimum absolute atomic E-state index is 0.199. The van der Waals surface area contributed by atoms with Gasteiger partial charge in [-0.15, -0.1) is 0 Å². The third kappa shape index (κ3) is 4.00. The quantitative estimate of drug-likeness (QED) is 0.824. The van der Waals surface area contributed by atoms with E-state index in [-0.39, 0.29) is 24.6 Å². The first-order valence-electron chi connectivity index (χ1n) is 8.97. The van der Waals surface area contributed by atoms with Crippen molar-refractivity contribution < 1.29 is 14.3 Å². The molecule has 3 rings (SSSR count). The van der Waals surface area contributed by atoms with Crippen molar-refractivity contribution in [3.05, 3.63) is 59.7 Å². The summed E-state index contributed by atoms with van der Waals surface area (Å²) >= 11 is 0. The number of hydrogen-bond acceptors (Lipinski definition) is 5. The van der Waals surface area contributed by atoms with Gasteiger partial charge in [0.15, 0.2) is 0 Å². The summed E-state index contributed by atoms with van der Waals surface area (Å²) in [5.74, 6) is -0.694. The Morgan fingerprint density at radius 1 is 1.11 bits per heavy atom. The second kappa shape index (κ2) is 8.03. The predicted octanol–water partition coefficient (Wildman–Crippen LogP) is 3.44. The summed E-state index contributed by atoms with van der Waals surface area (Å²) < 4.78 is 5.07. The van der Waals surface area contributed by atoms with Gasteiger partial charge in [-0.3, -0.25) is 9.80 Å². The highest BCUT2D eigenvalue weighted by atomic mass is 16.5. The van der Waals surface area contributed by atoms with Crippen LogP contribution < -0.4 is 10.3 Å². The summed E-state index contributed by atoms with van der Waals surface area (Å²) in [5.41, 5.74) is 3.76. The molecule has 1 atom stereocenters. The lowest BCUT2D eigenvalue weighted by Crippen LogP contribution is -2.39. The highest BCUT2D eigenvalue weighted by Gasteiger charge is 2.37. The summed E-state index contributed by atoms with van der Waals surface area (Å²) in [6.45, 7) is 5.91. The number of amides is 1. The number of hydrogen-bond donors (Lipinski definition) is 1. The fourth-order valence-electron chi connectivity index (χ4n) is 3.09. The zero-order valence-corrected chi connectivity index (χ0v) is 15.7. The molecule has 0 aliphatic carbocycles. The number of aryl methyl sites for hydroxylation is 2. The van der Waals surface area contributed by atoms with Crippen LogP contribution >= 0.6 is 0 Å². The fourth-order valence-corrected chi connectivity index (χ4v) is 3.09. The van der Waals surface area contributed by atoms with Crippen LogP contribution in [-0.4, -0.2) is 30.2 Å². The molecule has 27 heavy (non-hydrogen) atoms. The van der Waals surface area contributed by atoms with Gasteiger partial charge in [0.25, 0.3) is 0 Å². The number of benzene rings is 2. The number of nitrogens with zero attached hydrogens (tertiary/aromatic N) is 2. The van der Waals surface area contributed by atoms with E-state index >= 15 is 0 Å². The maximum Gasteiger partial charge on any atom is 0.354 e. The van der Waals surface area contributed by atoms with Crippen LogP contribution in [0.1, 0.15) is 24.5 Å². The first kappa shape index (κ1) is 18.6. The SMILES string of the molecule is CCOC(=O)C1=NN(c2ccccc2)[C@H](C(=O)Nc2c(C)cccc2C)C1. The standard InChI is InChI=1S/C21H23N3O3/c1-4-27-21(26)17-13-18(24(23-17)16-11-6-5-7-12-16)20(25)22-19-14(2)9-8-10-15(19)3/h5-12,18H,4,13H2,1-3H3,(H,22,25)/t18-/m0/s1. The van der Waals surface area contributed by atoms with Gasteiger partial charge in [-0.05, 0) is 44.0 Å². The number of nitrogens with one attached hydrogen (secondary N) is 1. The van der Waals surface area contributed by atoms with Gasteiger partial charge < -0.3 is 10.1 Å². The molecule has 0 fully saturated rings. The zero-order chi connectivity index (χ0) is 19.4. The first-order chi connectivity index (χ1) is 13.0. The van der Waals surface area contributed by atoms with Crippen LogP contribution in [0.3, 0.4) is 0 Å². The van der Waals surface area contributed by atoms with Crippen LogP contribution in [0.2, 0.25) is 0 Å². The molecule has 1 aliphatic rings. The van der Waals surface area contributed by atoms with E-state index in [1.165, 1.54) is 0 Å². The zero-order valence-electron chi connectivity index (χ0n) is 15.7. The molecule has 2 aromatic rings. The van der Waals surface area contributed by atoms with E-state index in [0.717, 1.165) is 22.5 Å². The largest absolute Gasteiger partial charge is 0.461 e. The number of carbonyl (C=O) groups is 2. The highest BCUT2D eigenvalue weighted by molar-refractivity contribution is 6.38. The molecule has 1 heterocycles. The molecule has 2 aromatic carbocycles. The lowest BCUT2D eigenvalue weighted by Gasteiger charge is -2.23. The molecular formula is C21H23N3O3. The molecule has 0 unspecified atom stereocenters. The number of para-hydroxylation sites is 2. The molecule has 1 amide bonds. The normalized spacial score (nSPS) is 16.0. The van der Waals surface area contributed by atoms with Gasteiger partial charge in [0, 0.05) is 12.1 Å². The van der Waals surface area contributed by atoms with Crippen LogP contribution in [-0.2, 0) is 14.3 Å². The van der Waals surface area contributed by atoms with Gasteiger partial charge in [0.2, 0.25) is 5.91 Å². The van der Waals surface area contributed by atoms with Gasteiger partial charge in [-0.25, -0.2) is 4.79 Å². The van der Waals surface area contributed by atoms with Crippen molar-refractivity contribution in [1.29, 1.82) is 0 Å². The molecule has 6 nitrogen and oxygen atoms in total. The lowest BCUT2D eigenvalue weighted by atomic mass is 10.1. The third-order valence-electron chi connectivity index (χ3n) is 4.47. The van der Waals surface area contributed by atoms with Crippen molar-refractivity contribution in [2.45, 2.75) is 33.2 Å². The lowest BCUT2D eigenvalue weighted by molar-refractivity contribution is -0.135. The Labute approximate surface area is 158 Å². The van der Waals surface area contributed by atoms with Crippen LogP contribution in [0.15, 0.2) is 53.6 Å². The maximum absolute atomic E-state index is 13.1. The number of esters is 1. The van der Waals surface area contributed by atoms with Crippen molar-refractivity contribution in [2.75, 3.05) is 16.9 Å². The van der Waals surface area contributed by atoms with Crippen molar-refractivity contribution in [3.63, 3.8) is 0 Å². The van der Waals surface area contributed by atoms with Crippen molar-refractivity contribution in [2.24, 2.45) is 5.10 Å². The van der Waals surface area contributed by atoms with E-state index in [0.29, 0.717) is 0 Å². The Balaban J connectivity index is 1.88. The van der Waals surface area contributed by atoms with E-state index in [1.54, 1.807) is 11.9 Å². The topological polar surface area (TPSA) is 71.0 Å². The van der Waals surface area contributed by atoms with E-state index in [2.05, 4.69) is 10.4 Å². The number of carbonyl (C=O) groups excluding carboxylic acids is 2. The van der Waals surface area contributed by atoms with Crippen molar-refractivity contribution in [3.8, 4) is 0 Å². The van der Waals surface area contributed by atoms with E-state index < -0.39 is 12.0 Å². The van der Waals surface area contributed by atoms with Gasteiger partial charge in [0.05, 0.1) is 12.3 Å². The fraction of sp³-hybridized carbons (Fsp3) is 0.286. The highest BCUT2D eigenvalue weighted by Crippen LogP contribution is 2.27.